The molecule has 1 unspecified atom stereocenters. The van der Waals surface area contributed by atoms with E-state index in [0.29, 0.717) is 17.7 Å². The van der Waals surface area contributed by atoms with Crippen molar-refractivity contribution in [2.24, 2.45) is 0 Å². The van der Waals surface area contributed by atoms with Crippen molar-refractivity contribution in [3.8, 4) is 0 Å². The largest absolute Gasteiger partial charge is 0.465 e. The number of nitrogens with one attached hydrogen (secondary N) is 1. The fourth-order valence-corrected chi connectivity index (χ4v) is 3.34. The fraction of sp³-hybridized carbons (Fsp3) is 0.235. The number of hydrogen-bond donors (Lipinski definition) is 1. The van der Waals surface area contributed by atoms with E-state index < -0.39 is 38.7 Å². The smallest absolute Gasteiger partial charge is 0.416 e. The van der Waals surface area contributed by atoms with Crippen LogP contribution in [0.15, 0.2) is 59.5 Å². The van der Waals surface area contributed by atoms with Crippen molar-refractivity contribution in [3.63, 3.8) is 0 Å². The molecule has 1 N–H and O–H groups in total. The summed E-state index contributed by atoms with van der Waals surface area (Å²) in [5.41, 5.74) is -0.622. The van der Waals surface area contributed by atoms with Crippen LogP contribution in [-0.4, -0.2) is 21.0 Å². The molecule has 0 saturated heterocycles. The highest BCUT2D eigenvalue weighted by atomic mass is 32.2. The zero-order valence-electron chi connectivity index (χ0n) is 13.7. The number of carbonyl (C=O) groups excluding carboxylic acids is 1. The third kappa shape index (κ3) is 4.83. The van der Waals surface area contributed by atoms with E-state index in [1.807, 2.05) is 0 Å². The van der Waals surface area contributed by atoms with Crippen LogP contribution >= 0.6 is 0 Å². The minimum atomic E-state index is -4.58. The molecule has 2 rings (SSSR count). The van der Waals surface area contributed by atoms with Crippen LogP contribution in [0.5, 0.6) is 0 Å². The molecule has 5 nitrogen and oxygen atoms in total. The topological polar surface area (TPSA) is 72.5 Å². The SMILES string of the molecule is CCOC(=O)C(NS(=O)(=O)c1ccc(C(F)(F)F)cc1)c1ccccc1. The van der Waals surface area contributed by atoms with E-state index in [4.69, 9.17) is 4.74 Å². The molecule has 0 spiro atoms. The first-order valence-electron chi connectivity index (χ1n) is 7.56. The maximum Gasteiger partial charge on any atom is 0.416 e. The van der Waals surface area contributed by atoms with Crippen LogP contribution in [0.2, 0.25) is 0 Å². The Hall–Kier alpha value is -2.39. The summed E-state index contributed by atoms with van der Waals surface area (Å²) < 4.78 is 69.9. The first-order valence-corrected chi connectivity index (χ1v) is 9.04. The molecule has 26 heavy (non-hydrogen) atoms. The van der Waals surface area contributed by atoms with E-state index in [1.54, 1.807) is 25.1 Å². The van der Waals surface area contributed by atoms with Crippen molar-refractivity contribution in [2.45, 2.75) is 24.0 Å². The van der Waals surface area contributed by atoms with Crippen molar-refractivity contribution < 1.29 is 31.1 Å². The Bertz CT molecular complexity index is 850. The Kier molecular flexibility index (Phi) is 6.04. The van der Waals surface area contributed by atoms with Gasteiger partial charge in [-0.1, -0.05) is 30.3 Å². The molecule has 0 aromatic heterocycles. The Balaban J connectivity index is 2.33. The summed E-state index contributed by atoms with van der Waals surface area (Å²) in [6.07, 6.45) is -4.58. The van der Waals surface area contributed by atoms with Gasteiger partial charge in [0.05, 0.1) is 17.1 Å². The second kappa shape index (κ2) is 7.88. The number of ether oxygens (including phenoxy) is 1. The summed E-state index contributed by atoms with van der Waals surface area (Å²) in [7, 11) is -4.25. The molecular formula is C17H16F3NO4S. The van der Waals surface area contributed by atoms with Crippen LogP contribution in [-0.2, 0) is 25.7 Å². The molecule has 1 atom stereocenters. The number of benzene rings is 2. The summed E-state index contributed by atoms with van der Waals surface area (Å²) in [5.74, 6) is -0.811. The molecule has 140 valence electrons. The highest BCUT2D eigenvalue weighted by molar-refractivity contribution is 7.89. The highest BCUT2D eigenvalue weighted by Gasteiger charge is 2.32. The first-order chi connectivity index (χ1) is 12.1. The molecule has 2 aromatic carbocycles. The maximum atomic E-state index is 12.6. The number of esters is 1. The number of halogens is 3. The van der Waals surface area contributed by atoms with Gasteiger partial charge < -0.3 is 4.74 Å². The second-order valence-electron chi connectivity index (χ2n) is 5.24. The summed E-state index contributed by atoms with van der Waals surface area (Å²) >= 11 is 0. The lowest BCUT2D eigenvalue weighted by atomic mass is 10.1. The Morgan fingerprint density at radius 1 is 1.08 bits per heavy atom. The molecule has 9 heteroatoms. The second-order valence-corrected chi connectivity index (χ2v) is 6.95. The lowest BCUT2D eigenvalue weighted by Crippen LogP contribution is -2.35. The van der Waals surface area contributed by atoms with Gasteiger partial charge in [-0.15, -0.1) is 0 Å². The van der Waals surface area contributed by atoms with Crippen LogP contribution < -0.4 is 4.72 Å². The van der Waals surface area contributed by atoms with Crippen molar-refractivity contribution in [3.05, 3.63) is 65.7 Å². The number of carbonyl (C=O) groups is 1. The van der Waals surface area contributed by atoms with Crippen LogP contribution in [0.3, 0.4) is 0 Å². The highest BCUT2D eigenvalue weighted by Crippen LogP contribution is 2.30. The van der Waals surface area contributed by atoms with Crippen LogP contribution in [0.25, 0.3) is 0 Å². The monoisotopic (exact) mass is 387 g/mol. The summed E-state index contributed by atoms with van der Waals surface area (Å²) in [6, 6.07) is 9.68. The Morgan fingerprint density at radius 3 is 2.15 bits per heavy atom. The fourth-order valence-electron chi connectivity index (χ4n) is 2.17. The van der Waals surface area contributed by atoms with E-state index in [0.717, 1.165) is 12.1 Å². The van der Waals surface area contributed by atoms with E-state index in [-0.39, 0.29) is 6.61 Å². The number of hydrogen-bond acceptors (Lipinski definition) is 4. The van der Waals surface area contributed by atoms with Crippen molar-refractivity contribution in [2.75, 3.05) is 6.61 Å². The number of alkyl halides is 3. The van der Waals surface area contributed by atoms with E-state index >= 15 is 0 Å². The zero-order chi connectivity index (χ0) is 19.4. The third-order valence-corrected chi connectivity index (χ3v) is 4.86. The quantitative estimate of drug-likeness (QED) is 0.772. The third-order valence-electron chi connectivity index (χ3n) is 3.42. The van der Waals surface area contributed by atoms with Crippen molar-refractivity contribution in [1.82, 2.24) is 4.72 Å². The van der Waals surface area contributed by atoms with Gasteiger partial charge >= 0.3 is 12.1 Å². The minimum absolute atomic E-state index is 0.0458. The van der Waals surface area contributed by atoms with Crippen molar-refractivity contribution in [1.29, 1.82) is 0 Å². The molecular weight excluding hydrogens is 371 g/mol. The molecule has 2 aromatic rings. The molecule has 0 fully saturated rings. The van der Waals surface area contributed by atoms with Crippen LogP contribution in [0.4, 0.5) is 13.2 Å². The van der Waals surface area contributed by atoms with Gasteiger partial charge in [-0.2, -0.15) is 17.9 Å². The number of rotatable bonds is 6. The number of sulfonamides is 1. The van der Waals surface area contributed by atoms with Crippen molar-refractivity contribution >= 4 is 16.0 Å². The molecule has 0 aliphatic heterocycles. The summed E-state index contributed by atoms with van der Waals surface area (Å²) in [4.78, 5) is 11.7. The molecule has 0 amide bonds. The normalized spacial score (nSPS) is 13.2. The molecule has 0 radical (unpaired) electrons. The lowest BCUT2D eigenvalue weighted by molar-refractivity contribution is -0.145. The molecule has 0 bridgehead atoms. The molecule has 0 heterocycles. The average Bonchev–Trinajstić information content (AvgIpc) is 2.60. The van der Waals surface area contributed by atoms with Gasteiger partial charge in [-0.05, 0) is 36.8 Å². The Morgan fingerprint density at radius 2 is 1.65 bits per heavy atom. The van der Waals surface area contributed by atoms with Crippen LogP contribution in [0.1, 0.15) is 24.1 Å². The molecule has 0 aliphatic rings. The van der Waals surface area contributed by atoms with Gasteiger partial charge in [0.25, 0.3) is 0 Å². The minimum Gasteiger partial charge on any atom is -0.465 e. The summed E-state index contributed by atoms with van der Waals surface area (Å²) in [6.45, 7) is 1.62. The van der Waals surface area contributed by atoms with E-state index in [1.165, 1.54) is 12.1 Å². The zero-order valence-corrected chi connectivity index (χ0v) is 14.5. The Labute approximate surface area is 148 Å². The van der Waals surface area contributed by atoms with Gasteiger partial charge in [0.15, 0.2) is 0 Å². The molecule has 0 aliphatic carbocycles. The molecule has 0 saturated carbocycles. The standard InChI is InChI=1S/C17H16F3NO4S/c1-2-25-16(22)15(12-6-4-3-5-7-12)21-26(23,24)14-10-8-13(9-11-14)17(18,19)20/h3-11,15,21H,2H2,1H3. The van der Waals surface area contributed by atoms with Gasteiger partial charge in [0.2, 0.25) is 10.0 Å². The van der Waals surface area contributed by atoms with E-state index in [2.05, 4.69) is 4.72 Å². The van der Waals surface area contributed by atoms with Crippen LogP contribution in [0, 0.1) is 0 Å². The van der Waals surface area contributed by atoms with Gasteiger partial charge in [-0.3, -0.25) is 0 Å². The lowest BCUT2D eigenvalue weighted by Gasteiger charge is -2.18. The predicted molar refractivity (Wildman–Crippen MR) is 87.6 cm³/mol. The maximum absolute atomic E-state index is 12.6. The van der Waals surface area contributed by atoms with Gasteiger partial charge in [-0.25, -0.2) is 13.2 Å². The summed E-state index contributed by atoms with van der Waals surface area (Å²) in [5, 5.41) is 0. The average molecular weight is 387 g/mol. The van der Waals surface area contributed by atoms with Gasteiger partial charge in [0.1, 0.15) is 6.04 Å². The van der Waals surface area contributed by atoms with E-state index in [9.17, 15) is 26.4 Å². The first kappa shape index (κ1) is 19.9. The van der Waals surface area contributed by atoms with Gasteiger partial charge in [0, 0.05) is 0 Å². The predicted octanol–water partition coefficient (Wildman–Crippen LogP) is 3.29.